The number of rotatable bonds is 3. The van der Waals surface area contributed by atoms with E-state index in [0.29, 0.717) is 6.42 Å². The molecule has 0 aliphatic heterocycles. The van der Waals surface area contributed by atoms with Crippen molar-refractivity contribution >= 4 is 0 Å². The van der Waals surface area contributed by atoms with E-state index in [9.17, 15) is 4.39 Å². The largest absolute Gasteiger partial charge is 0.346 e. The first-order valence-electron chi connectivity index (χ1n) is 3.97. The number of hydrogen-bond donors (Lipinski definition) is 2. The number of hydrogen-bond acceptors (Lipinski definition) is 2. The van der Waals surface area contributed by atoms with Gasteiger partial charge in [-0.2, -0.15) is 0 Å². The van der Waals surface area contributed by atoms with Crippen LogP contribution in [0.25, 0.3) is 0 Å². The van der Waals surface area contributed by atoms with Gasteiger partial charge >= 0.3 is 0 Å². The smallest absolute Gasteiger partial charge is 0.105 e. The lowest BCUT2D eigenvalue weighted by atomic mass is 10.1. The third kappa shape index (κ3) is 2.04. The highest BCUT2D eigenvalue weighted by Crippen LogP contribution is 2.06. The summed E-state index contributed by atoms with van der Waals surface area (Å²) in [4.78, 5) is 7.24. The van der Waals surface area contributed by atoms with Crippen LogP contribution in [0.3, 0.4) is 0 Å². The van der Waals surface area contributed by atoms with Crippen LogP contribution in [0.15, 0.2) is 0 Å². The van der Waals surface area contributed by atoms with Crippen LogP contribution < -0.4 is 5.73 Å². The third-order valence-electron chi connectivity index (χ3n) is 1.76. The predicted molar refractivity (Wildman–Crippen MR) is 45.7 cm³/mol. The van der Waals surface area contributed by atoms with Crippen molar-refractivity contribution in [2.45, 2.75) is 26.3 Å². The van der Waals surface area contributed by atoms with Gasteiger partial charge < -0.3 is 10.7 Å². The maximum Gasteiger partial charge on any atom is 0.105 e. The Morgan fingerprint density at radius 1 is 1.58 bits per heavy atom. The number of imidazole rings is 1. The van der Waals surface area contributed by atoms with E-state index < -0.39 is 12.7 Å². The van der Waals surface area contributed by atoms with Crippen LogP contribution >= 0.6 is 0 Å². The minimum absolute atomic E-state index is 0.425. The van der Waals surface area contributed by atoms with Gasteiger partial charge in [0.05, 0.1) is 5.69 Å². The van der Waals surface area contributed by atoms with Crippen molar-refractivity contribution in [1.29, 1.82) is 0 Å². The van der Waals surface area contributed by atoms with E-state index in [-0.39, 0.29) is 0 Å². The fourth-order valence-electron chi connectivity index (χ4n) is 1.16. The molecule has 0 aliphatic rings. The first-order chi connectivity index (χ1) is 5.63. The summed E-state index contributed by atoms with van der Waals surface area (Å²) in [6.45, 7) is 3.29. The molecule has 0 amide bonds. The summed E-state index contributed by atoms with van der Waals surface area (Å²) in [5.41, 5.74) is 7.31. The molecule has 1 aromatic heterocycles. The Morgan fingerprint density at radius 2 is 2.25 bits per heavy atom. The molecule has 1 aromatic rings. The number of aryl methyl sites for hydroxylation is 2. The molecule has 0 saturated heterocycles. The molecule has 0 fully saturated rings. The van der Waals surface area contributed by atoms with Gasteiger partial charge in [0, 0.05) is 18.2 Å². The second kappa shape index (κ2) is 3.67. The maximum absolute atomic E-state index is 12.0. The number of nitrogens with one attached hydrogen (secondary N) is 1. The molecule has 1 heterocycles. The van der Waals surface area contributed by atoms with E-state index in [1.807, 2.05) is 13.8 Å². The number of nitrogens with zero attached hydrogens (tertiary/aromatic N) is 1. The molecule has 3 N–H and O–H groups in total. The molecule has 1 unspecified atom stereocenters. The Bertz CT molecular complexity index is 257. The number of halogens is 1. The summed E-state index contributed by atoms with van der Waals surface area (Å²) in [5, 5.41) is 0. The fourth-order valence-corrected chi connectivity index (χ4v) is 1.16. The van der Waals surface area contributed by atoms with Gasteiger partial charge in [-0.25, -0.2) is 9.37 Å². The van der Waals surface area contributed by atoms with E-state index in [0.717, 1.165) is 17.2 Å². The summed E-state index contributed by atoms with van der Waals surface area (Å²) >= 11 is 0. The van der Waals surface area contributed by atoms with Crippen LogP contribution in [-0.4, -0.2) is 22.7 Å². The fraction of sp³-hybridized carbons (Fsp3) is 0.625. The normalized spacial score (nSPS) is 13.3. The zero-order valence-corrected chi connectivity index (χ0v) is 7.39. The lowest BCUT2D eigenvalue weighted by molar-refractivity contribution is 0.425. The Balaban J connectivity index is 2.68. The molecule has 0 radical (unpaired) electrons. The number of nitrogens with two attached hydrogens (primary N) is 1. The van der Waals surface area contributed by atoms with Crippen LogP contribution in [0, 0.1) is 13.8 Å². The Kier molecular flexibility index (Phi) is 2.81. The molecule has 1 rings (SSSR count). The molecule has 0 bridgehead atoms. The van der Waals surface area contributed by atoms with Crippen molar-refractivity contribution in [3.63, 3.8) is 0 Å². The second-order valence-electron chi connectivity index (χ2n) is 3.01. The van der Waals surface area contributed by atoms with Gasteiger partial charge in [-0.1, -0.05) is 0 Å². The first-order valence-corrected chi connectivity index (χ1v) is 3.97. The minimum atomic E-state index is -0.495. The molecule has 4 heteroatoms. The standard InChI is InChI=1S/C8H14FN3/c1-5-8(3-7(10)4-9)12-6(2)11-5/h7H,3-4,10H2,1-2H3,(H,11,12). The second-order valence-corrected chi connectivity index (χ2v) is 3.01. The minimum Gasteiger partial charge on any atom is -0.346 e. The molecule has 68 valence electrons. The van der Waals surface area contributed by atoms with Crippen LogP contribution in [0.2, 0.25) is 0 Å². The number of aromatic nitrogens is 2. The molecule has 0 spiro atoms. The summed E-state index contributed by atoms with van der Waals surface area (Å²) in [6, 6.07) is -0.425. The van der Waals surface area contributed by atoms with E-state index in [4.69, 9.17) is 5.73 Å². The van der Waals surface area contributed by atoms with E-state index in [2.05, 4.69) is 9.97 Å². The van der Waals surface area contributed by atoms with Crippen molar-refractivity contribution in [3.8, 4) is 0 Å². The summed E-state index contributed by atoms with van der Waals surface area (Å²) in [5.74, 6) is 0.855. The summed E-state index contributed by atoms with van der Waals surface area (Å²) in [7, 11) is 0. The molecule has 1 atom stereocenters. The van der Waals surface area contributed by atoms with Crippen LogP contribution in [0.1, 0.15) is 17.2 Å². The van der Waals surface area contributed by atoms with Gasteiger partial charge in [-0.3, -0.25) is 0 Å². The van der Waals surface area contributed by atoms with Crippen LogP contribution in [0.5, 0.6) is 0 Å². The molecule has 3 nitrogen and oxygen atoms in total. The van der Waals surface area contributed by atoms with Gasteiger partial charge in [0.25, 0.3) is 0 Å². The topological polar surface area (TPSA) is 54.7 Å². The van der Waals surface area contributed by atoms with Crippen LogP contribution in [-0.2, 0) is 6.42 Å². The van der Waals surface area contributed by atoms with Crippen molar-refractivity contribution in [2.24, 2.45) is 5.73 Å². The molecular formula is C8H14FN3. The van der Waals surface area contributed by atoms with Crippen molar-refractivity contribution in [1.82, 2.24) is 9.97 Å². The van der Waals surface area contributed by atoms with Crippen molar-refractivity contribution in [2.75, 3.05) is 6.67 Å². The monoisotopic (exact) mass is 171 g/mol. The van der Waals surface area contributed by atoms with Gasteiger partial charge in [-0.15, -0.1) is 0 Å². The zero-order valence-electron chi connectivity index (χ0n) is 7.39. The summed E-state index contributed by atoms with van der Waals surface area (Å²) < 4.78 is 12.0. The Morgan fingerprint density at radius 3 is 2.67 bits per heavy atom. The van der Waals surface area contributed by atoms with Gasteiger partial charge in [0.15, 0.2) is 0 Å². The van der Waals surface area contributed by atoms with Crippen LogP contribution in [0.4, 0.5) is 4.39 Å². The zero-order chi connectivity index (χ0) is 9.14. The quantitative estimate of drug-likeness (QED) is 0.708. The van der Waals surface area contributed by atoms with Gasteiger partial charge in [0.2, 0.25) is 0 Å². The number of alkyl halides is 1. The SMILES string of the molecule is Cc1nc(CC(N)CF)c(C)[nH]1. The lowest BCUT2D eigenvalue weighted by Crippen LogP contribution is -2.25. The summed E-state index contributed by atoms with van der Waals surface area (Å²) in [6.07, 6.45) is 0.507. The number of H-pyrrole nitrogens is 1. The lowest BCUT2D eigenvalue weighted by Gasteiger charge is -2.03. The predicted octanol–water partition coefficient (Wildman–Crippen LogP) is 0.866. The highest BCUT2D eigenvalue weighted by Gasteiger charge is 2.08. The molecule has 0 saturated carbocycles. The molecule has 12 heavy (non-hydrogen) atoms. The van der Waals surface area contributed by atoms with Crippen molar-refractivity contribution in [3.05, 3.63) is 17.2 Å². The highest BCUT2D eigenvalue weighted by molar-refractivity contribution is 5.13. The van der Waals surface area contributed by atoms with E-state index in [1.54, 1.807) is 0 Å². The molecular weight excluding hydrogens is 157 g/mol. The van der Waals surface area contributed by atoms with Crippen molar-refractivity contribution < 1.29 is 4.39 Å². The van der Waals surface area contributed by atoms with Gasteiger partial charge in [0.1, 0.15) is 12.5 Å². The Hall–Kier alpha value is -0.900. The van der Waals surface area contributed by atoms with Gasteiger partial charge in [-0.05, 0) is 13.8 Å². The highest BCUT2D eigenvalue weighted by atomic mass is 19.1. The first kappa shape index (κ1) is 9.19. The molecule has 0 aromatic carbocycles. The Labute approximate surface area is 71.2 Å². The average molecular weight is 171 g/mol. The molecule has 0 aliphatic carbocycles. The van der Waals surface area contributed by atoms with E-state index in [1.165, 1.54) is 0 Å². The maximum atomic E-state index is 12.0. The van der Waals surface area contributed by atoms with E-state index >= 15 is 0 Å². The number of aromatic amines is 1. The average Bonchev–Trinajstić information content (AvgIpc) is 2.30. The third-order valence-corrected chi connectivity index (χ3v) is 1.76.